The summed E-state index contributed by atoms with van der Waals surface area (Å²) >= 11 is 0. The van der Waals surface area contributed by atoms with Crippen molar-refractivity contribution in [3.05, 3.63) is 23.8 Å². The van der Waals surface area contributed by atoms with Crippen molar-refractivity contribution in [1.82, 2.24) is 5.32 Å². The molecule has 0 aromatic heterocycles. The fourth-order valence-corrected chi connectivity index (χ4v) is 4.25. The first-order valence-corrected chi connectivity index (χ1v) is 14.4. The SMILES string of the molecule is CCCCCCCCCCCCC#CC#CCCCCCCCCC(=O)NCCC1=CC=CC1. The van der Waals surface area contributed by atoms with E-state index in [1.807, 2.05) is 0 Å². The molecule has 0 bridgehead atoms. The Morgan fingerprint density at radius 3 is 1.82 bits per heavy atom. The van der Waals surface area contributed by atoms with Gasteiger partial charge in [-0.1, -0.05) is 126 Å². The van der Waals surface area contributed by atoms with E-state index in [1.54, 1.807) is 0 Å². The van der Waals surface area contributed by atoms with Crippen molar-refractivity contribution in [2.75, 3.05) is 6.54 Å². The Bertz CT molecular complexity index is 679. The number of amides is 1. The highest BCUT2D eigenvalue weighted by Gasteiger charge is 2.03. The van der Waals surface area contributed by atoms with Crippen LogP contribution in [0.4, 0.5) is 0 Å². The summed E-state index contributed by atoms with van der Waals surface area (Å²) in [6, 6.07) is 0. The van der Waals surface area contributed by atoms with E-state index in [1.165, 1.54) is 89.0 Å². The molecule has 0 fully saturated rings. The zero-order valence-corrected chi connectivity index (χ0v) is 22.2. The number of carbonyl (C=O) groups excluding carboxylic acids is 1. The lowest BCUT2D eigenvalue weighted by molar-refractivity contribution is -0.121. The molecule has 1 aliphatic carbocycles. The fraction of sp³-hybridized carbons (Fsp3) is 0.719. The van der Waals surface area contributed by atoms with Gasteiger partial charge in [0.15, 0.2) is 0 Å². The van der Waals surface area contributed by atoms with Crippen molar-refractivity contribution in [1.29, 1.82) is 0 Å². The molecule has 2 heteroatoms. The number of hydrogen-bond acceptors (Lipinski definition) is 1. The number of hydrogen-bond donors (Lipinski definition) is 1. The Balaban J connectivity index is 1.78. The Labute approximate surface area is 211 Å². The summed E-state index contributed by atoms with van der Waals surface area (Å²) < 4.78 is 0. The monoisotopic (exact) mass is 465 g/mol. The summed E-state index contributed by atoms with van der Waals surface area (Å²) in [4.78, 5) is 11.9. The van der Waals surface area contributed by atoms with Crippen LogP contribution in [0, 0.1) is 23.7 Å². The van der Waals surface area contributed by atoms with Gasteiger partial charge in [0.05, 0.1) is 0 Å². The van der Waals surface area contributed by atoms with Crippen molar-refractivity contribution < 1.29 is 4.79 Å². The van der Waals surface area contributed by atoms with Gasteiger partial charge >= 0.3 is 0 Å². The second kappa shape index (κ2) is 24.2. The summed E-state index contributed by atoms with van der Waals surface area (Å²) in [6.45, 7) is 3.05. The van der Waals surface area contributed by atoms with Crippen LogP contribution in [0.1, 0.15) is 142 Å². The fourth-order valence-electron chi connectivity index (χ4n) is 4.25. The molecule has 0 unspecified atom stereocenters. The molecule has 1 rings (SSSR count). The Hall–Kier alpha value is -1.93. The minimum atomic E-state index is 0.205. The molecular formula is C32H51NO. The Morgan fingerprint density at radius 2 is 1.29 bits per heavy atom. The van der Waals surface area contributed by atoms with E-state index < -0.39 is 0 Å². The number of allylic oxidation sites excluding steroid dienone is 3. The quantitative estimate of drug-likeness (QED) is 0.133. The van der Waals surface area contributed by atoms with Crippen LogP contribution in [0.15, 0.2) is 23.8 Å². The molecule has 1 N–H and O–H groups in total. The second-order valence-corrected chi connectivity index (χ2v) is 9.71. The van der Waals surface area contributed by atoms with Crippen LogP contribution in [0.3, 0.4) is 0 Å². The maximum absolute atomic E-state index is 11.9. The van der Waals surface area contributed by atoms with Crippen LogP contribution in [0.5, 0.6) is 0 Å². The zero-order chi connectivity index (χ0) is 24.4. The van der Waals surface area contributed by atoms with Crippen LogP contribution in [-0.2, 0) is 4.79 Å². The molecule has 0 saturated carbocycles. The van der Waals surface area contributed by atoms with Gasteiger partial charge in [0, 0.05) is 25.8 Å². The minimum Gasteiger partial charge on any atom is -0.356 e. The molecule has 0 aliphatic heterocycles. The first-order valence-electron chi connectivity index (χ1n) is 14.4. The molecule has 0 saturated heterocycles. The van der Waals surface area contributed by atoms with Crippen LogP contribution in [-0.4, -0.2) is 12.5 Å². The second-order valence-electron chi connectivity index (χ2n) is 9.71. The van der Waals surface area contributed by atoms with E-state index >= 15 is 0 Å². The van der Waals surface area contributed by atoms with Gasteiger partial charge in [0.1, 0.15) is 0 Å². The third kappa shape index (κ3) is 20.7. The highest BCUT2D eigenvalue weighted by atomic mass is 16.1. The lowest BCUT2D eigenvalue weighted by Crippen LogP contribution is -2.24. The molecule has 34 heavy (non-hydrogen) atoms. The van der Waals surface area contributed by atoms with Crippen molar-refractivity contribution in [2.45, 2.75) is 142 Å². The first kappa shape index (κ1) is 30.1. The van der Waals surface area contributed by atoms with E-state index in [-0.39, 0.29) is 5.91 Å². The largest absolute Gasteiger partial charge is 0.356 e. The van der Waals surface area contributed by atoms with Gasteiger partial charge in [-0.05, 0) is 43.9 Å². The van der Waals surface area contributed by atoms with Gasteiger partial charge in [-0.25, -0.2) is 0 Å². The summed E-state index contributed by atoms with van der Waals surface area (Å²) in [5, 5.41) is 3.04. The van der Waals surface area contributed by atoms with E-state index in [2.05, 4.69) is 54.2 Å². The first-order chi connectivity index (χ1) is 16.8. The Kier molecular flexibility index (Phi) is 21.4. The van der Waals surface area contributed by atoms with Gasteiger partial charge in [-0.3, -0.25) is 4.79 Å². The molecular weight excluding hydrogens is 414 g/mol. The number of unbranched alkanes of at least 4 members (excludes halogenated alkanes) is 16. The molecule has 0 atom stereocenters. The standard InChI is InChI=1S/C32H51NO/c1-2-3-4-5-6-7-8-9-10-11-12-13-14-15-16-17-18-19-20-21-22-23-28-32(34)33-30-29-31-26-24-25-27-31/h24-26H,2-12,17-23,27-30H2,1H3,(H,33,34). The number of rotatable bonds is 21. The number of carbonyl (C=O) groups is 1. The molecule has 0 aromatic rings. The van der Waals surface area contributed by atoms with Crippen molar-refractivity contribution >= 4 is 5.91 Å². The van der Waals surface area contributed by atoms with Crippen LogP contribution in [0.25, 0.3) is 0 Å². The zero-order valence-electron chi connectivity index (χ0n) is 22.2. The number of nitrogens with one attached hydrogen (secondary N) is 1. The van der Waals surface area contributed by atoms with Crippen molar-refractivity contribution in [3.8, 4) is 23.7 Å². The van der Waals surface area contributed by atoms with Crippen LogP contribution in [0.2, 0.25) is 0 Å². The minimum absolute atomic E-state index is 0.205. The molecule has 0 spiro atoms. The summed E-state index contributed by atoms with van der Waals surface area (Å²) in [5.74, 6) is 12.6. The predicted molar refractivity (Wildman–Crippen MR) is 148 cm³/mol. The smallest absolute Gasteiger partial charge is 0.220 e. The molecule has 1 aliphatic rings. The maximum Gasteiger partial charge on any atom is 0.220 e. The van der Waals surface area contributed by atoms with Crippen molar-refractivity contribution in [2.24, 2.45) is 0 Å². The van der Waals surface area contributed by atoms with Gasteiger partial charge in [-0.2, -0.15) is 0 Å². The van der Waals surface area contributed by atoms with Crippen molar-refractivity contribution in [3.63, 3.8) is 0 Å². The van der Waals surface area contributed by atoms with Gasteiger partial charge in [-0.15, -0.1) is 0 Å². The molecule has 0 aromatic carbocycles. The molecule has 0 radical (unpaired) electrons. The summed E-state index contributed by atoms with van der Waals surface area (Å²) in [6.07, 6.45) is 31.8. The van der Waals surface area contributed by atoms with E-state index in [9.17, 15) is 4.79 Å². The van der Waals surface area contributed by atoms with Gasteiger partial charge < -0.3 is 5.32 Å². The van der Waals surface area contributed by atoms with E-state index in [0.29, 0.717) is 6.42 Å². The molecule has 190 valence electrons. The van der Waals surface area contributed by atoms with Crippen LogP contribution < -0.4 is 5.32 Å². The third-order valence-electron chi connectivity index (χ3n) is 6.47. The van der Waals surface area contributed by atoms with Gasteiger partial charge in [0.25, 0.3) is 0 Å². The summed E-state index contributed by atoms with van der Waals surface area (Å²) in [7, 11) is 0. The lowest BCUT2D eigenvalue weighted by atomic mass is 10.1. The van der Waals surface area contributed by atoms with E-state index in [0.717, 1.165) is 51.5 Å². The van der Waals surface area contributed by atoms with Crippen LogP contribution >= 0.6 is 0 Å². The Morgan fingerprint density at radius 1 is 0.765 bits per heavy atom. The topological polar surface area (TPSA) is 29.1 Å². The lowest BCUT2D eigenvalue weighted by Gasteiger charge is -2.06. The highest BCUT2D eigenvalue weighted by molar-refractivity contribution is 5.75. The normalized spacial score (nSPS) is 12.0. The molecule has 1 amide bonds. The van der Waals surface area contributed by atoms with E-state index in [4.69, 9.17) is 0 Å². The maximum atomic E-state index is 11.9. The average Bonchev–Trinajstić information content (AvgIpc) is 3.36. The third-order valence-corrected chi connectivity index (χ3v) is 6.47. The predicted octanol–water partition coefficient (Wildman–Crippen LogP) is 8.82. The average molecular weight is 466 g/mol. The highest BCUT2D eigenvalue weighted by Crippen LogP contribution is 2.13. The summed E-state index contributed by atoms with van der Waals surface area (Å²) in [5.41, 5.74) is 1.42. The molecule has 2 nitrogen and oxygen atoms in total. The molecule has 0 heterocycles. The van der Waals surface area contributed by atoms with Gasteiger partial charge in [0.2, 0.25) is 5.91 Å².